The fourth-order valence-electron chi connectivity index (χ4n) is 2.32. The van der Waals surface area contributed by atoms with E-state index in [9.17, 15) is 4.39 Å². The van der Waals surface area contributed by atoms with Crippen molar-refractivity contribution in [2.75, 3.05) is 10.6 Å². The second-order valence-corrected chi connectivity index (χ2v) is 6.73. The Bertz CT molecular complexity index is 869. The third kappa shape index (κ3) is 4.54. The van der Waals surface area contributed by atoms with Gasteiger partial charge in [-0.25, -0.2) is 9.37 Å². The zero-order valence-electron chi connectivity index (χ0n) is 13.9. The standard InChI is InChI=1S/C19H18BrFN4/c1-12(2)22-19-24-17(13-6-4-3-5-7-13)11-18(25-19)23-16-9-8-14(21)10-15(16)20/h3-12H,1-2H3,(H2,22,23,24,25). The predicted octanol–water partition coefficient (Wildman–Crippen LogP) is 5.61. The molecule has 0 saturated heterocycles. The van der Waals surface area contributed by atoms with Gasteiger partial charge in [0.2, 0.25) is 5.95 Å². The molecule has 0 bridgehead atoms. The summed E-state index contributed by atoms with van der Waals surface area (Å²) < 4.78 is 13.9. The Morgan fingerprint density at radius 1 is 1.00 bits per heavy atom. The molecule has 0 atom stereocenters. The van der Waals surface area contributed by atoms with E-state index < -0.39 is 0 Å². The topological polar surface area (TPSA) is 49.8 Å². The highest BCUT2D eigenvalue weighted by atomic mass is 79.9. The van der Waals surface area contributed by atoms with Crippen LogP contribution < -0.4 is 10.6 Å². The fourth-order valence-corrected chi connectivity index (χ4v) is 2.77. The number of nitrogens with zero attached hydrogens (tertiary/aromatic N) is 2. The van der Waals surface area contributed by atoms with Gasteiger partial charge in [0.25, 0.3) is 0 Å². The number of nitrogens with one attached hydrogen (secondary N) is 2. The number of rotatable bonds is 5. The van der Waals surface area contributed by atoms with Crippen LogP contribution in [0.3, 0.4) is 0 Å². The molecule has 25 heavy (non-hydrogen) atoms. The molecular formula is C19H18BrFN4. The largest absolute Gasteiger partial charge is 0.352 e. The van der Waals surface area contributed by atoms with E-state index in [4.69, 9.17) is 0 Å². The molecule has 0 amide bonds. The fraction of sp³-hybridized carbons (Fsp3) is 0.158. The third-order valence-corrected chi connectivity index (χ3v) is 4.06. The number of hydrogen-bond donors (Lipinski definition) is 2. The molecule has 0 fully saturated rings. The summed E-state index contributed by atoms with van der Waals surface area (Å²) in [6, 6.07) is 16.5. The Kier molecular flexibility index (Phi) is 5.28. The molecule has 0 aliphatic heterocycles. The van der Waals surface area contributed by atoms with Crippen molar-refractivity contribution in [2.45, 2.75) is 19.9 Å². The Morgan fingerprint density at radius 2 is 1.76 bits per heavy atom. The van der Waals surface area contributed by atoms with Gasteiger partial charge in [-0.1, -0.05) is 30.3 Å². The SMILES string of the molecule is CC(C)Nc1nc(Nc2ccc(F)cc2Br)cc(-c2ccccc2)n1. The first-order valence-corrected chi connectivity index (χ1v) is 8.73. The molecule has 3 aromatic rings. The summed E-state index contributed by atoms with van der Waals surface area (Å²) in [4.78, 5) is 9.10. The highest BCUT2D eigenvalue weighted by Crippen LogP contribution is 2.28. The van der Waals surface area contributed by atoms with Gasteiger partial charge >= 0.3 is 0 Å². The maximum atomic E-state index is 13.3. The monoisotopic (exact) mass is 400 g/mol. The minimum atomic E-state index is -0.299. The summed E-state index contributed by atoms with van der Waals surface area (Å²) in [6.07, 6.45) is 0. The van der Waals surface area contributed by atoms with Crippen molar-refractivity contribution in [1.29, 1.82) is 0 Å². The minimum Gasteiger partial charge on any atom is -0.352 e. The predicted molar refractivity (Wildman–Crippen MR) is 104 cm³/mol. The summed E-state index contributed by atoms with van der Waals surface area (Å²) in [5, 5.41) is 6.45. The zero-order chi connectivity index (χ0) is 17.8. The highest BCUT2D eigenvalue weighted by molar-refractivity contribution is 9.10. The second-order valence-electron chi connectivity index (χ2n) is 5.88. The summed E-state index contributed by atoms with van der Waals surface area (Å²) in [5.41, 5.74) is 2.53. The first-order chi connectivity index (χ1) is 12.0. The van der Waals surface area contributed by atoms with Crippen LogP contribution in [0.25, 0.3) is 11.3 Å². The van der Waals surface area contributed by atoms with Gasteiger partial charge < -0.3 is 10.6 Å². The van der Waals surface area contributed by atoms with Crippen LogP contribution in [0.1, 0.15) is 13.8 Å². The van der Waals surface area contributed by atoms with Crippen molar-refractivity contribution in [2.24, 2.45) is 0 Å². The van der Waals surface area contributed by atoms with Gasteiger partial charge in [0, 0.05) is 22.1 Å². The number of hydrogen-bond acceptors (Lipinski definition) is 4. The molecule has 0 saturated carbocycles. The summed E-state index contributed by atoms with van der Waals surface area (Å²) in [5.74, 6) is 0.869. The lowest BCUT2D eigenvalue weighted by atomic mass is 10.1. The molecule has 0 unspecified atom stereocenters. The number of halogens is 2. The maximum absolute atomic E-state index is 13.3. The van der Waals surface area contributed by atoms with Crippen molar-refractivity contribution < 1.29 is 4.39 Å². The van der Waals surface area contributed by atoms with E-state index in [2.05, 4.69) is 36.5 Å². The van der Waals surface area contributed by atoms with Gasteiger partial charge in [-0.15, -0.1) is 0 Å². The Labute approximate surface area is 154 Å². The molecule has 1 aromatic heterocycles. The maximum Gasteiger partial charge on any atom is 0.225 e. The average Bonchev–Trinajstić information content (AvgIpc) is 2.57. The van der Waals surface area contributed by atoms with E-state index >= 15 is 0 Å². The minimum absolute atomic E-state index is 0.205. The Balaban J connectivity index is 2.00. The van der Waals surface area contributed by atoms with Gasteiger partial charge in [0.05, 0.1) is 11.4 Å². The summed E-state index contributed by atoms with van der Waals surface area (Å²) >= 11 is 3.37. The molecule has 0 aliphatic rings. The number of benzene rings is 2. The van der Waals surface area contributed by atoms with Gasteiger partial charge in [-0.05, 0) is 48.0 Å². The van der Waals surface area contributed by atoms with Crippen molar-refractivity contribution in [3.63, 3.8) is 0 Å². The van der Waals surface area contributed by atoms with Crippen molar-refractivity contribution in [1.82, 2.24) is 9.97 Å². The lowest BCUT2D eigenvalue weighted by Crippen LogP contribution is -2.13. The van der Waals surface area contributed by atoms with Crippen molar-refractivity contribution in [3.8, 4) is 11.3 Å². The third-order valence-electron chi connectivity index (χ3n) is 3.41. The normalized spacial score (nSPS) is 10.8. The van der Waals surface area contributed by atoms with Crippen LogP contribution in [-0.4, -0.2) is 16.0 Å². The van der Waals surface area contributed by atoms with E-state index in [-0.39, 0.29) is 11.9 Å². The summed E-state index contributed by atoms with van der Waals surface area (Å²) in [6.45, 7) is 4.06. The molecule has 3 rings (SSSR count). The Morgan fingerprint density at radius 3 is 2.44 bits per heavy atom. The molecule has 128 valence electrons. The lowest BCUT2D eigenvalue weighted by Gasteiger charge is -2.14. The zero-order valence-corrected chi connectivity index (χ0v) is 15.5. The number of aromatic nitrogens is 2. The van der Waals surface area contributed by atoms with Gasteiger partial charge in [0.1, 0.15) is 11.6 Å². The molecule has 2 aromatic carbocycles. The second kappa shape index (κ2) is 7.61. The van der Waals surface area contributed by atoms with Crippen LogP contribution in [0.5, 0.6) is 0 Å². The molecule has 2 N–H and O–H groups in total. The molecule has 0 aliphatic carbocycles. The van der Waals surface area contributed by atoms with Crippen LogP contribution in [-0.2, 0) is 0 Å². The van der Waals surface area contributed by atoms with Crippen LogP contribution in [0, 0.1) is 5.82 Å². The smallest absolute Gasteiger partial charge is 0.225 e. The molecule has 1 heterocycles. The van der Waals surface area contributed by atoms with Gasteiger partial charge in [0.15, 0.2) is 0 Å². The molecule has 0 spiro atoms. The van der Waals surface area contributed by atoms with Gasteiger partial charge in [-0.2, -0.15) is 4.98 Å². The van der Waals surface area contributed by atoms with Crippen molar-refractivity contribution >= 4 is 33.4 Å². The van der Waals surface area contributed by atoms with Crippen molar-refractivity contribution in [3.05, 3.63) is 64.9 Å². The van der Waals surface area contributed by atoms with Crippen LogP contribution in [0.2, 0.25) is 0 Å². The van der Waals surface area contributed by atoms with E-state index in [1.807, 2.05) is 50.2 Å². The Hall–Kier alpha value is -2.47. The lowest BCUT2D eigenvalue weighted by molar-refractivity contribution is 0.627. The molecule has 0 radical (unpaired) electrons. The average molecular weight is 401 g/mol. The molecular weight excluding hydrogens is 383 g/mol. The van der Waals surface area contributed by atoms with Crippen LogP contribution in [0.4, 0.5) is 21.8 Å². The first-order valence-electron chi connectivity index (χ1n) is 7.94. The highest BCUT2D eigenvalue weighted by Gasteiger charge is 2.09. The van der Waals surface area contributed by atoms with E-state index in [1.54, 1.807) is 6.07 Å². The van der Waals surface area contributed by atoms with E-state index in [0.717, 1.165) is 16.9 Å². The first kappa shape index (κ1) is 17.4. The van der Waals surface area contributed by atoms with Crippen LogP contribution >= 0.6 is 15.9 Å². The van der Waals surface area contributed by atoms with E-state index in [0.29, 0.717) is 16.2 Å². The van der Waals surface area contributed by atoms with Crippen LogP contribution in [0.15, 0.2) is 59.1 Å². The van der Waals surface area contributed by atoms with E-state index in [1.165, 1.54) is 12.1 Å². The number of anilines is 3. The quantitative estimate of drug-likeness (QED) is 0.584. The summed E-state index contributed by atoms with van der Waals surface area (Å²) in [7, 11) is 0. The molecule has 4 nitrogen and oxygen atoms in total. The van der Waals surface area contributed by atoms with Gasteiger partial charge in [-0.3, -0.25) is 0 Å². The molecule has 6 heteroatoms.